The van der Waals surface area contributed by atoms with Crippen molar-refractivity contribution in [3.8, 4) is 0 Å². The van der Waals surface area contributed by atoms with Gasteiger partial charge >= 0.3 is 5.97 Å². The third kappa shape index (κ3) is 5.20. The molecule has 1 unspecified atom stereocenters. The predicted octanol–water partition coefficient (Wildman–Crippen LogP) is 4.40. The molecule has 0 N–H and O–H groups in total. The molecule has 0 radical (unpaired) electrons. The van der Waals surface area contributed by atoms with Crippen LogP contribution < -0.4 is 0 Å². The molecule has 2 aromatic carbocycles. The molecule has 34 heavy (non-hydrogen) atoms. The second kappa shape index (κ2) is 10.5. The molecule has 0 saturated carbocycles. The van der Waals surface area contributed by atoms with Crippen molar-refractivity contribution in [3.63, 3.8) is 0 Å². The molecule has 2 aliphatic rings. The lowest BCUT2D eigenvalue weighted by Crippen LogP contribution is -2.43. The quantitative estimate of drug-likeness (QED) is 0.594. The molecule has 1 atom stereocenters. The van der Waals surface area contributed by atoms with Crippen LogP contribution in [0.5, 0.6) is 0 Å². The second-order valence-corrected chi connectivity index (χ2v) is 9.13. The van der Waals surface area contributed by atoms with Gasteiger partial charge in [0.05, 0.1) is 30.8 Å². The first-order valence-corrected chi connectivity index (χ1v) is 12.0. The Morgan fingerprint density at radius 3 is 2.50 bits per heavy atom. The zero-order valence-corrected chi connectivity index (χ0v) is 20.1. The summed E-state index contributed by atoms with van der Waals surface area (Å²) in [6, 6.07) is 12.2. The largest absolute Gasteiger partial charge is 0.466 e. The molecular weight excluding hydrogens is 433 g/mol. The topological polar surface area (TPSA) is 62.2 Å². The number of carbonyl (C=O) groups excluding carboxylic acids is 2. The van der Waals surface area contributed by atoms with E-state index >= 15 is 0 Å². The van der Waals surface area contributed by atoms with E-state index < -0.39 is 6.04 Å². The minimum absolute atomic E-state index is 0.112. The van der Waals surface area contributed by atoms with Gasteiger partial charge in [-0.15, -0.1) is 0 Å². The minimum Gasteiger partial charge on any atom is -0.466 e. The number of hydrogen-bond acceptors (Lipinski definition) is 5. The number of rotatable bonds is 6. The highest BCUT2D eigenvalue weighted by Gasteiger charge is 2.36. The zero-order valence-electron chi connectivity index (χ0n) is 20.1. The summed E-state index contributed by atoms with van der Waals surface area (Å²) in [7, 11) is 0. The number of ether oxygens (including phenoxy) is 1. The van der Waals surface area contributed by atoms with Crippen molar-refractivity contribution in [2.45, 2.75) is 46.1 Å². The highest BCUT2D eigenvalue weighted by Crippen LogP contribution is 2.34. The number of hydrazone groups is 1. The summed E-state index contributed by atoms with van der Waals surface area (Å²) in [5.74, 6) is -0.771. The highest BCUT2D eigenvalue weighted by atomic mass is 19.1. The van der Waals surface area contributed by atoms with Gasteiger partial charge in [0, 0.05) is 12.0 Å². The molecule has 1 fully saturated rings. The van der Waals surface area contributed by atoms with Gasteiger partial charge in [0.15, 0.2) is 0 Å². The summed E-state index contributed by atoms with van der Waals surface area (Å²) >= 11 is 0. The number of esters is 1. The molecule has 7 heteroatoms. The third-order valence-corrected chi connectivity index (χ3v) is 6.84. The number of aryl methyl sites for hydroxylation is 2. The highest BCUT2D eigenvalue weighted by molar-refractivity contribution is 6.03. The van der Waals surface area contributed by atoms with Crippen LogP contribution >= 0.6 is 0 Å². The third-order valence-electron chi connectivity index (χ3n) is 6.84. The molecule has 180 valence electrons. The normalized spacial score (nSPS) is 19.2. The number of halogens is 1. The van der Waals surface area contributed by atoms with Crippen LogP contribution in [0.2, 0.25) is 0 Å². The Labute approximate surface area is 200 Å². The predicted molar refractivity (Wildman–Crippen MR) is 129 cm³/mol. The van der Waals surface area contributed by atoms with E-state index in [-0.39, 0.29) is 30.2 Å². The Morgan fingerprint density at radius 1 is 1.09 bits per heavy atom. The van der Waals surface area contributed by atoms with Gasteiger partial charge in [0.25, 0.3) is 5.91 Å². The lowest BCUT2D eigenvalue weighted by atomic mass is 9.96. The fourth-order valence-electron chi connectivity index (χ4n) is 4.67. The number of carbonyl (C=O) groups is 2. The number of likely N-dealkylation sites (tertiary alicyclic amines) is 1. The SMILES string of the molecule is CCOC(=O)C1CCN(CC(=O)N2N=C(c3ccc(C)c(C)c3)CC2c2ccccc2F)CC1. The van der Waals surface area contributed by atoms with Crippen molar-refractivity contribution in [1.82, 2.24) is 9.91 Å². The number of benzene rings is 2. The Morgan fingerprint density at radius 2 is 1.82 bits per heavy atom. The van der Waals surface area contributed by atoms with E-state index in [1.54, 1.807) is 25.1 Å². The van der Waals surface area contributed by atoms with E-state index in [0.717, 1.165) is 16.8 Å². The van der Waals surface area contributed by atoms with E-state index in [9.17, 15) is 14.0 Å². The van der Waals surface area contributed by atoms with Gasteiger partial charge in [-0.2, -0.15) is 5.10 Å². The maximum atomic E-state index is 14.7. The Balaban J connectivity index is 1.52. The number of nitrogens with zero attached hydrogens (tertiary/aromatic N) is 3. The number of piperidine rings is 1. The smallest absolute Gasteiger partial charge is 0.309 e. The monoisotopic (exact) mass is 465 g/mol. The molecule has 0 spiro atoms. The molecule has 0 aliphatic carbocycles. The minimum atomic E-state index is -0.484. The van der Waals surface area contributed by atoms with Crippen LogP contribution in [0.4, 0.5) is 4.39 Å². The van der Waals surface area contributed by atoms with Crippen molar-refractivity contribution >= 4 is 17.6 Å². The van der Waals surface area contributed by atoms with E-state index in [0.29, 0.717) is 44.5 Å². The van der Waals surface area contributed by atoms with E-state index in [2.05, 4.69) is 13.0 Å². The fraction of sp³-hybridized carbons (Fsp3) is 0.444. The summed E-state index contributed by atoms with van der Waals surface area (Å²) in [6.07, 6.45) is 1.79. The molecule has 6 nitrogen and oxygen atoms in total. The van der Waals surface area contributed by atoms with Crippen molar-refractivity contribution < 1.29 is 18.7 Å². The van der Waals surface area contributed by atoms with E-state index in [1.165, 1.54) is 16.6 Å². The molecule has 1 saturated heterocycles. The summed E-state index contributed by atoms with van der Waals surface area (Å²) in [5, 5.41) is 6.15. The number of hydrogen-bond donors (Lipinski definition) is 0. The van der Waals surface area contributed by atoms with Gasteiger partial charge in [0.1, 0.15) is 5.82 Å². The first-order chi connectivity index (χ1) is 16.4. The second-order valence-electron chi connectivity index (χ2n) is 9.13. The van der Waals surface area contributed by atoms with Crippen LogP contribution in [-0.4, -0.2) is 53.7 Å². The van der Waals surface area contributed by atoms with E-state index in [4.69, 9.17) is 9.84 Å². The Kier molecular flexibility index (Phi) is 7.41. The molecule has 2 heterocycles. The van der Waals surface area contributed by atoms with Crippen LogP contribution in [0.3, 0.4) is 0 Å². The lowest BCUT2D eigenvalue weighted by molar-refractivity contribution is -0.149. The molecular formula is C27H32FN3O3. The van der Waals surface area contributed by atoms with Crippen LogP contribution in [0.25, 0.3) is 0 Å². The van der Waals surface area contributed by atoms with Crippen molar-refractivity contribution in [1.29, 1.82) is 0 Å². The van der Waals surface area contributed by atoms with Gasteiger partial charge in [0.2, 0.25) is 0 Å². The molecule has 2 aromatic rings. The number of amides is 1. The average Bonchev–Trinajstić information content (AvgIpc) is 3.27. The fourth-order valence-corrected chi connectivity index (χ4v) is 4.67. The van der Waals surface area contributed by atoms with Gasteiger partial charge in [-0.05, 0) is 75.5 Å². The molecule has 0 aromatic heterocycles. The van der Waals surface area contributed by atoms with E-state index in [1.807, 2.05) is 24.0 Å². The lowest BCUT2D eigenvalue weighted by Gasteiger charge is -2.32. The standard InChI is InChI=1S/C27H32FN3O3/c1-4-34-27(33)20-11-13-30(14-12-20)17-26(32)31-25(22-7-5-6-8-23(22)28)16-24(29-31)21-10-9-18(2)19(3)15-21/h5-10,15,20,25H,4,11-14,16-17H2,1-3H3. The Hall–Kier alpha value is -3.06. The maximum absolute atomic E-state index is 14.7. The van der Waals surface area contributed by atoms with Gasteiger partial charge in [-0.1, -0.05) is 30.3 Å². The van der Waals surface area contributed by atoms with Gasteiger partial charge < -0.3 is 4.74 Å². The van der Waals surface area contributed by atoms with Crippen LogP contribution in [0.15, 0.2) is 47.6 Å². The molecule has 4 rings (SSSR count). The van der Waals surface area contributed by atoms with Gasteiger partial charge in [-0.3, -0.25) is 14.5 Å². The molecule has 2 aliphatic heterocycles. The summed E-state index contributed by atoms with van der Waals surface area (Å²) in [4.78, 5) is 27.4. The van der Waals surface area contributed by atoms with Crippen molar-refractivity contribution in [3.05, 3.63) is 70.5 Å². The summed E-state index contributed by atoms with van der Waals surface area (Å²) in [6.45, 7) is 7.75. The first kappa shape index (κ1) is 24.1. The Bertz CT molecular complexity index is 1090. The first-order valence-electron chi connectivity index (χ1n) is 12.0. The maximum Gasteiger partial charge on any atom is 0.309 e. The van der Waals surface area contributed by atoms with Gasteiger partial charge in [-0.25, -0.2) is 9.40 Å². The van der Waals surface area contributed by atoms with Crippen LogP contribution in [-0.2, 0) is 14.3 Å². The average molecular weight is 466 g/mol. The van der Waals surface area contributed by atoms with Crippen molar-refractivity contribution in [2.24, 2.45) is 11.0 Å². The molecule has 1 amide bonds. The van der Waals surface area contributed by atoms with Crippen molar-refractivity contribution in [2.75, 3.05) is 26.2 Å². The summed E-state index contributed by atoms with van der Waals surface area (Å²) < 4.78 is 19.9. The molecule has 0 bridgehead atoms. The summed E-state index contributed by atoms with van der Waals surface area (Å²) in [5.41, 5.74) is 4.55. The van der Waals surface area contributed by atoms with Crippen LogP contribution in [0.1, 0.15) is 54.5 Å². The van der Waals surface area contributed by atoms with Crippen LogP contribution in [0, 0.1) is 25.6 Å². The zero-order chi connectivity index (χ0) is 24.2.